The maximum Gasteiger partial charge on any atom is 0.335 e. The monoisotopic (exact) mass is 285 g/mol. The number of hydrogen-bond acceptors (Lipinski definition) is 3. The number of pyridine rings is 1. The molecule has 0 saturated carbocycles. The van der Waals surface area contributed by atoms with E-state index in [0.29, 0.717) is 12.4 Å². The number of nitrogens with one attached hydrogen (secondary N) is 2. The van der Waals surface area contributed by atoms with Crippen molar-refractivity contribution >= 4 is 17.8 Å². The molecule has 0 aliphatic carbocycles. The van der Waals surface area contributed by atoms with Crippen molar-refractivity contribution in [2.45, 2.75) is 6.92 Å². The number of anilines is 1. The summed E-state index contributed by atoms with van der Waals surface area (Å²) in [5.41, 5.74) is 1.73. The van der Waals surface area contributed by atoms with Crippen LogP contribution in [-0.4, -0.2) is 28.6 Å². The van der Waals surface area contributed by atoms with Crippen molar-refractivity contribution in [3.05, 3.63) is 48.2 Å². The lowest BCUT2D eigenvalue weighted by atomic mass is 10.0. The molecule has 1 aromatic heterocycles. The van der Waals surface area contributed by atoms with Crippen LogP contribution in [0.15, 0.2) is 42.6 Å². The van der Waals surface area contributed by atoms with E-state index in [0.717, 1.165) is 11.1 Å². The zero-order valence-electron chi connectivity index (χ0n) is 11.5. The van der Waals surface area contributed by atoms with Crippen LogP contribution < -0.4 is 10.6 Å². The van der Waals surface area contributed by atoms with Gasteiger partial charge in [-0.1, -0.05) is 12.1 Å². The molecule has 0 spiro atoms. The maximum atomic E-state index is 11.5. The van der Waals surface area contributed by atoms with Gasteiger partial charge in [-0.3, -0.25) is 5.32 Å². The molecule has 0 saturated heterocycles. The highest BCUT2D eigenvalue weighted by Crippen LogP contribution is 2.22. The number of carboxylic acids is 1. The molecule has 0 atom stereocenters. The van der Waals surface area contributed by atoms with E-state index in [4.69, 9.17) is 5.11 Å². The van der Waals surface area contributed by atoms with Crippen LogP contribution in [-0.2, 0) is 0 Å². The molecule has 0 bridgehead atoms. The Hall–Kier alpha value is -2.89. The van der Waals surface area contributed by atoms with E-state index in [2.05, 4.69) is 15.6 Å². The summed E-state index contributed by atoms with van der Waals surface area (Å²) >= 11 is 0. The highest BCUT2D eigenvalue weighted by Gasteiger charge is 2.07. The Bertz CT molecular complexity index is 671. The van der Waals surface area contributed by atoms with Gasteiger partial charge in [-0.15, -0.1) is 0 Å². The molecule has 1 heterocycles. The third-order valence-electron chi connectivity index (χ3n) is 2.78. The van der Waals surface area contributed by atoms with Gasteiger partial charge < -0.3 is 10.4 Å². The number of amides is 2. The molecule has 108 valence electrons. The molecule has 0 aliphatic rings. The van der Waals surface area contributed by atoms with Gasteiger partial charge in [0.05, 0.1) is 5.56 Å². The SMILES string of the molecule is CCNC(=O)Nc1cc(-c2cccc(C(=O)O)c2)ccn1. The quantitative estimate of drug-likeness (QED) is 0.805. The molecule has 0 radical (unpaired) electrons. The molecule has 6 nitrogen and oxygen atoms in total. The van der Waals surface area contributed by atoms with E-state index in [9.17, 15) is 9.59 Å². The summed E-state index contributed by atoms with van der Waals surface area (Å²) in [6, 6.07) is 9.70. The van der Waals surface area contributed by atoms with Crippen molar-refractivity contribution in [2.24, 2.45) is 0 Å². The Morgan fingerprint density at radius 1 is 1.19 bits per heavy atom. The zero-order chi connectivity index (χ0) is 15.2. The summed E-state index contributed by atoms with van der Waals surface area (Å²) in [7, 11) is 0. The molecular formula is C15H15N3O3. The molecule has 21 heavy (non-hydrogen) atoms. The summed E-state index contributed by atoms with van der Waals surface area (Å²) in [5.74, 6) is -0.578. The summed E-state index contributed by atoms with van der Waals surface area (Å²) in [5, 5.41) is 14.2. The van der Waals surface area contributed by atoms with E-state index in [1.807, 2.05) is 6.92 Å². The summed E-state index contributed by atoms with van der Waals surface area (Å²) in [6.45, 7) is 2.34. The van der Waals surface area contributed by atoms with Crippen LogP contribution >= 0.6 is 0 Å². The van der Waals surface area contributed by atoms with Gasteiger partial charge in [0.2, 0.25) is 0 Å². The number of carboxylic acid groups (broad SMARTS) is 1. The van der Waals surface area contributed by atoms with E-state index in [1.54, 1.807) is 36.5 Å². The van der Waals surface area contributed by atoms with Crippen LogP contribution in [0.3, 0.4) is 0 Å². The van der Waals surface area contributed by atoms with Crippen LogP contribution in [0.25, 0.3) is 11.1 Å². The molecule has 0 fully saturated rings. The molecule has 0 aliphatic heterocycles. The number of hydrogen-bond donors (Lipinski definition) is 3. The first-order valence-corrected chi connectivity index (χ1v) is 6.45. The predicted octanol–water partition coefficient (Wildman–Crippen LogP) is 2.59. The summed E-state index contributed by atoms with van der Waals surface area (Å²) in [4.78, 5) is 26.5. The lowest BCUT2D eigenvalue weighted by Gasteiger charge is -2.07. The highest BCUT2D eigenvalue weighted by molar-refractivity contribution is 5.90. The second-order valence-electron chi connectivity index (χ2n) is 4.30. The Kier molecular flexibility index (Phi) is 4.50. The molecule has 2 rings (SSSR count). The molecule has 0 unspecified atom stereocenters. The van der Waals surface area contributed by atoms with Crippen LogP contribution in [0.5, 0.6) is 0 Å². The van der Waals surface area contributed by atoms with Crippen molar-refractivity contribution in [2.75, 3.05) is 11.9 Å². The topological polar surface area (TPSA) is 91.3 Å². The van der Waals surface area contributed by atoms with Gasteiger partial charge in [-0.25, -0.2) is 14.6 Å². The Labute approximate surface area is 121 Å². The Morgan fingerprint density at radius 3 is 2.67 bits per heavy atom. The van der Waals surface area contributed by atoms with Crippen LogP contribution in [0.4, 0.5) is 10.6 Å². The number of carbonyl (C=O) groups excluding carboxylic acids is 1. The largest absolute Gasteiger partial charge is 0.478 e. The zero-order valence-corrected chi connectivity index (χ0v) is 11.5. The Balaban J connectivity index is 2.26. The van der Waals surface area contributed by atoms with Crippen molar-refractivity contribution < 1.29 is 14.7 Å². The number of aromatic nitrogens is 1. The average molecular weight is 285 g/mol. The van der Waals surface area contributed by atoms with Gasteiger partial charge in [0.15, 0.2) is 0 Å². The molecule has 6 heteroatoms. The van der Waals surface area contributed by atoms with Crippen molar-refractivity contribution in [3.8, 4) is 11.1 Å². The number of urea groups is 1. The number of nitrogens with zero attached hydrogens (tertiary/aromatic N) is 1. The van der Waals surface area contributed by atoms with E-state index in [1.165, 1.54) is 6.07 Å². The number of carbonyl (C=O) groups is 2. The maximum absolute atomic E-state index is 11.5. The van der Waals surface area contributed by atoms with Gasteiger partial charge in [-0.2, -0.15) is 0 Å². The number of aromatic carboxylic acids is 1. The fourth-order valence-electron chi connectivity index (χ4n) is 1.83. The first kappa shape index (κ1) is 14.5. The van der Waals surface area contributed by atoms with Crippen molar-refractivity contribution in [1.29, 1.82) is 0 Å². The van der Waals surface area contributed by atoms with E-state index in [-0.39, 0.29) is 11.6 Å². The van der Waals surface area contributed by atoms with Gasteiger partial charge in [0.25, 0.3) is 0 Å². The third kappa shape index (κ3) is 3.79. The van der Waals surface area contributed by atoms with Gasteiger partial charge >= 0.3 is 12.0 Å². The van der Waals surface area contributed by atoms with Gasteiger partial charge in [0, 0.05) is 12.7 Å². The lowest BCUT2D eigenvalue weighted by Crippen LogP contribution is -2.28. The number of rotatable bonds is 4. The van der Waals surface area contributed by atoms with Crippen molar-refractivity contribution in [1.82, 2.24) is 10.3 Å². The van der Waals surface area contributed by atoms with Crippen LogP contribution in [0.2, 0.25) is 0 Å². The smallest absolute Gasteiger partial charge is 0.335 e. The standard InChI is InChI=1S/C15H15N3O3/c1-2-16-15(21)18-13-9-11(6-7-17-13)10-4-3-5-12(8-10)14(19)20/h3-9H,2H2,1H3,(H,19,20)(H2,16,17,18,21). The van der Waals surface area contributed by atoms with Crippen molar-refractivity contribution in [3.63, 3.8) is 0 Å². The Morgan fingerprint density at radius 2 is 1.95 bits per heavy atom. The number of benzene rings is 1. The third-order valence-corrected chi connectivity index (χ3v) is 2.78. The van der Waals surface area contributed by atoms with Crippen LogP contribution in [0.1, 0.15) is 17.3 Å². The van der Waals surface area contributed by atoms with Crippen LogP contribution in [0, 0.1) is 0 Å². The minimum absolute atomic E-state index is 0.211. The molecule has 2 amide bonds. The highest BCUT2D eigenvalue weighted by atomic mass is 16.4. The fraction of sp³-hybridized carbons (Fsp3) is 0.133. The summed E-state index contributed by atoms with van der Waals surface area (Å²) < 4.78 is 0. The first-order chi connectivity index (χ1) is 10.1. The molecule has 1 aromatic carbocycles. The average Bonchev–Trinajstić information content (AvgIpc) is 2.48. The fourth-order valence-corrected chi connectivity index (χ4v) is 1.83. The minimum Gasteiger partial charge on any atom is -0.478 e. The van der Waals surface area contributed by atoms with E-state index < -0.39 is 5.97 Å². The van der Waals surface area contributed by atoms with E-state index >= 15 is 0 Å². The van der Waals surface area contributed by atoms with Gasteiger partial charge in [0.1, 0.15) is 5.82 Å². The first-order valence-electron chi connectivity index (χ1n) is 6.45. The molecule has 2 aromatic rings. The normalized spacial score (nSPS) is 9.95. The molecule has 3 N–H and O–H groups in total. The second kappa shape index (κ2) is 6.51. The predicted molar refractivity (Wildman–Crippen MR) is 79.3 cm³/mol. The lowest BCUT2D eigenvalue weighted by molar-refractivity contribution is 0.0697. The van der Waals surface area contributed by atoms with Gasteiger partial charge in [-0.05, 0) is 42.3 Å². The second-order valence-corrected chi connectivity index (χ2v) is 4.30. The molecular weight excluding hydrogens is 270 g/mol. The summed E-state index contributed by atoms with van der Waals surface area (Å²) in [6.07, 6.45) is 1.56. The minimum atomic E-state index is -0.980.